The number of nitrogens with one attached hydrogen (secondary N) is 1. The van der Waals surface area contributed by atoms with Crippen LogP contribution in [0.25, 0.3) is 0 Å². The van der Waals surface area contributed by atoms with Gasteiger partial charge in [-0.05, 0) is 12.8 Å². The van der Waals surface area contributed by atoms with Crippen LogP contribution in [0.2, 0.25) is 0 Å². The van der Waals surface area contributed by atoms with Crippen LogP contribution in [0, 0.1) is 5.92 Å². The molecule has 1 unspecified atom stereocenters. The number of hydrogen-bond acceptors (Lipinski definition) is 2. The summed E-state index contributed by atoms with van der Waals surface area (Å²) in [7, 11) is 1.58. The van der Waals surface area contributed by atoms with Crippen LogP contribution in [0.5, 0.6) is 0 Å². The third-order valence-corrected chi connectivity index (χ3v) is 3.52. The largest absolute Gasteiger partial charge is 0.383 e. The van der Waals surface area contributed by atoms with Crippen molar-refractivity contribution in [2.24, 2.45) is 5.92 Å². The zero-order chi connectivity index (χ0) is 12.9. The van der Waals surface area contributed by atoms with Gasteiger partial charge in [-0.15, -0.1) is 0 Å². The van der Waals surface area contributed by atoms with Gasteiger partial charge in [0, 0.05) is 32.4 Å². The first-order chi connectivity index (χ1) is 7.94. The van der Waals surface area contributed by atoms with Crippen molar-refractivity contribution in [2.45, 2.75) is 36.4 Å². The SMILES string of the molecule is COCC(Br)CNC(=O)C1CCC(F)(F)CC1. The molecule has 0 spiro atoms. The van der Waals surface area contributed by atoms with Crippen LogP contribution in [0.3, 0.4) is 0 Å². The Hall–Kier alpha value is -0.230. The second-order valence-corrected chi connectivity index (χ2v) is 5.72. The highest BCUT2D eigenvalue weighted by Gasteiger charge is 2.37. The molecule has 0 aromatic heterocycles. The molecule has 1 amide bonds. The molecule has 0 aromatic rings. The van der Waals surface area contributed by atoms with Crippen molar-refractivity contribution in [1.29, 1.82) is 0 Å². The average Bonchev–Trinajstić information content (AvgIpc) is 2.26. The van der Waals surface area contributed by atoms with Gasteiger partial charge in [0.25, 0.3) is 0 Å². The summed E-state index contributed by atoms with van der Waals surface area (Å²) in [5.41, 5.74) is 0. The smallest absolute Gasteiger partial charge is 0.248 e. The fourth-order valence-electron chi connectivity index (χ4n) is 1.90. The number of amides is 1. The van der Waals surface area contributed by atoms with Gasteiger partial charge in [0.05, 0.1) is 11.4 Å². The molecule has 0 saturated heterocycles. The minimum atomic E-state index is -2.58. The zero-order valence-electron chi connectivity index (χ0n) is 9.85. The Morgan fingerprint density at radius 1 is 1.53 bits per heavy atom. The van der Waals surface area contributed by atoms with Crippen LogP contribution in [0.15, 0.2) is 0 Å². The third kappa shape index (κ3) is 5.29. The Morgan fingerprint density at radius 2 is 2.12 bits per heavy atom. The lowest BCUT2D eigenvalue weighted by molar-refractivity contribution is -0.129. The number of ether oxygens (including phenoxy) is 1. The molecule has 0 aromatic carbocycles. The number of hydrogen-bond donors (Lipinski definition) is 1. The number of rotatable bonds is 5. The van der Waals surface area contributed by atoms with Crippen molar-refractivity contribution in [3.05, 3.63) is 0 Å². The second-order valence-electron chi connectivity index (χ2n) is 4.43. The molecular formula is C11H18BrF2NO2. The molecule has 0 radical (unpaired) electrons. The Morgan fingerprint density at radius 3 is 2.65 bits per heavy atom. The van der Waals surface area contributed by atoms with E-state index >= 15 is 0 Å². The molecule has 0 heterocycles. The summed E-state index contributed by atoms with van der Waals surface area (Å²) >= 11 is 3.35. The fourth-order valence-corrected chi connectivity index (χ4v) is 2.32. The highest BCUT2D eigenvalue weighted by Crippen LogP contribution is 2.36. The zero-order valence-corrected chi connectivity index (χ0v) is 11.4. The van der Waals surface area contributed by atoms with Crippen LogP contribution >= 0.6 is 15.9 Å². The van der Waals surface area contributed by atoms with Gasteiger partial charge < -0.3 is 10.1 Å². The molecule has 0 aliphatic heterocycles. The summed E-state index contributed by atoms with van der Waals surface area (Å²) in [6.45, 7) is 0.961. The van der Waals surface area contributed by atoms with E-state index in [2.05, 4.69) is 21.2 Å². The molecule has 1 atom stereocenters. The van der Waals surface area contributed by atoms with E-state index in [1.807, 2.05) is 0 Å². The topological polar surface area (TPSA) is 38.3 Å². The van der Waals surface area contributed by atoms with Gasteiger partial charge >= 0.3 is 0 Å². The molecule has 3 nitrogen and oxygen atoms in total. The van der Waals surface area contributed by atoms with Crippen LogP contribution < -0.4 is 5.32 Å². The lowest BCUT2D eigenvalue weighted by Crippen LogP contribution is -2.38. The van der Waals surface area contributed by atoms with Gasteiger partial charge in [-0.25, -0.2) is 8.78 Å². The molecule has 6 heteroatoms. The number of halogens is 3. The van der Waals surface area contributed by atoms with Crippen LogP contribution in [0.1, 0.15) is 25.7 Å². The average molecular weight is 314 g/mol. The normalized spacial score (nSPS) is 22.1. The third-order valence-electron chi connectivity index (χ3n) is 2.93. The Balaban J connectivity index is 2.25. The van der Waals surface area contributed by atoms with Gasteiger partial charge in [0.2, 0.25) is 11.8 Å². The fraction of sp³-hybridized carbons (Fsp3) is 0.909. The highest BCUT2D eigenvalue weighted by atomic mass is 79.9. The van der Waals surface area contributed by atoms with Crippen molar-refractivity contribution < 1.29 is 18.3 Å². The molecule has 1 aliphatic carbocycles. The van der Waals surface area contributed by atoms with E-state index in [-0.39, 0.29) is 42.3 Å². The number of carbonyl (C=O) groups excluding carboxylic acids is 1. The van der Waals surface area contributed by atoms with E-state index in [1.54, 1.807) is 7.11 Å². The summed E-state index contributed by atoms with van der Waals surface area (Å²) < 4.78 is 30.7. The van der Waals surface area contributed by atoms with E-state index in [4.69, 9.17) is 4.74 Å². The monoisotopic (exact) mass is 313 g/mol. The van der Waals surface area contributed by atoms with Crippen LogP contribution in [-0.4, -0.2) is 36.9 Å². The maximum absolute atomic E-state index is 12.9. The first-order valence-electron chi connectivity index (χ1n) is 5.73. The van der Waals surface area contributed by atoms with Crippen molar-refractivity contribution >= 4 is 21.8 Å². The summed E-state index contributed by atoms with van der Waals surface area (Å²) in [6, 6.07) is 0. The number of carbonyl (C=O) groups is 1. The van der Waals surface area contributed by atoms with Crippen molar-refractivity contribution in [1.82, 2.24) is 5.32 Å². The van der Waals surface area contributed by atoms with E-state index in [1.165, 1.54) is 0 Å². The second kappa shape index (κ2) is 6.64. The van der Waals surface area contributed by atoms with E-state index < -0.39 is 5.92 Å². The highest BCUT2D eigenvalue weighted by molar-refractivity contribution is 9.09. The van der Waals surface area contributed by atoms with Gasteiger partial charge in [-0.2, -0.15) is 0 Å². The van der Waals surface area contributed by atoms with E-state index in [0.717, 1.165) is 0 Å². The standard InChI is InChI=1S/C11H18BrF2NO2/c1-17-7-9(12)6-15-10(16)8-2-4-11(13,14)5-3-8/h8-9H,2-7H2,1H3,(H,15,16). The van der Waals surface area contributed by atoms with Crippen molar-refractivity contribution in [3.63, 3.8) is 0 Å². The minimum absolute atomic E-state index is 0.0569. The molecular weight excluding hydrogens is 296 g/mol. The minimum Gasteiger partial charge on any atom is -0.383 e. The maximum atomic E-state index is 12.9. The summed E-state index contributed by atoms with van der Waals surface area (Å²) in [4.78, 5) is 11.8. The molecule has 1 rings (SSSR count). The van der Waals surface area contributed by atoms with Gasteiger partial charge in [-0.1, -0.05) is 15.9 Å². The lowest BCUT2D eigenvalue weighted by atomic mass is 9.86. The summed E-state index contributed by atoms with van der Waals surface area (Å²) in [5.74, 6) is -2.97. The molecule has 0 bridgehead atoms. The molecule has 17 heavy (non-hydrogen) atoms. The summed E-state index contributed by atoms with van der Waals surface area (Å²) in [5, 5.41) is 2.75. The predicted octanol–water partition coefficient (Wildman–Crippen LogP) is 2.34. The molecule has 1 N–H and O–H groups in total. The van der Waals surface area contributed by atoms with Crippen molar-refractivity contribution in [2.75, 3.05) is 20.3 Å². The van der Waals surface area contributed by atoms with Crippen LogP contribution in [-0.2, 0) is 9.53 Å². The van der Waals surface area contributed by atoms with Gasteiger partial charge in [0.1, 0.15) is 0 Å². The first-order valence-corrected chi connectivity index (χ1v) is 6.65. The van der Waals surface area contributed by atoms with Crippen LogP contribution in [0.4, 0.5) is 8.78 Å². The van der Waals surface area contributed by atoms with Crippen molar-refractivity contribution in [3.8, 4) is 0 Å². The lowest BCUT2D eigenvalue weighted by Gasteiger charge is -2.27. The van der Waals surface area contributed by atoms with E-state index in [0.29, 0.717) is 13.2 Å². The Labute approximate surface area is 108 Å². The maximum Gasteiger partial charge on any atom is 0.248 e. The number of alkyl halides is 3. The first kappa shape index (κ1) is 14.8. The Bertz CT molecular complexity index is 254. The number of methoxy groups -OCH3 is 1. The molecule has 1 saturated carbocycles. The molecule has 1 fully saturated rings. The van der Waals surface area contributed by atoms with Gasteiger partial charge in [0.15, 0.2) is 0 Å². The molecule has 1 aliphatic rings. The Kier molecular flexibility index (Phi) is 5.79. The summed E-state index contributed by atoms with van der Waals surface area (Å²) in [6.07, 6.45) is 0.188. The van der Waals surface area contributed by atoms with E-state index in [9.17, 15) is 13.6 Å². The molecule has 100 valence electrons. The quantitative estimate of drug-likeness (QED) is 0.791. The predicted molar refractivity (Wildman–Crippen MR) is 64.5 cm³/mol. The van der Waals surface area contributed by atoms with Gasteiger partial charge in [-0.3, -0.25) is 4.79 Å².